The Labute approximate surface area is 133 Å². The summed E-state index contributed by atoms with van der Waals surface area (Å²) in [6.07, 6.45) is 0. The molecule has 3 rings (SSSR count). The second-order valence-corrected chi connectivity index (χ2v) is 5.62. The summed E-state index contributed by atoms with van der Waals surface area (Å²) in [5.74, 6) is 1.25. The average molecular weight is 319 g/mol. The number of nitrogens with zero attached hydrogens (tertiary/aromatic N) is 1. The van der Waals surface area contributed by atoms with Crippen LogP contribution in [0.3, 0.4) is 0 Å². The maximum Gasteiger partial charge on any atom is 0.141 e. The van der Waals surface area contributed by atoms with Crippen LogP contribution < -0.4 is 10.1 Å². The van der Waals surface area contributed by atoms with Crippen LogP contribution in [0.2, 0.25) is 5.02 Å². The van der Waals surface area contributed by atoms with Crippen molar-refractivity contribution in [2.75, 3.05) is 13.1 Å². The van der Waals surface area contributed by atoms with Crippen molar-refractivity contribution in [3.63, 3.8) is 0 Å². The van der Waals surface area contributed by atoms with Crippen LogP contribution in [0.5, 0.6) is 11.5 Å². The Kier molecular flexibility index (Phi) is 4.03. The van der Waals surface area contributed by atoms with Crippen LogP contribution in [0, 0.1) is 19.7 Å². The molecule has 1 heterocycles. The van der Waals surface area contributed by atoms with Gasteiger partial charge in [0.1, 0.15) is 23.2 Å². The van der Waals surface area contributed by atoms with E-state index in [1.54, 1.807) is 12.1 Å². The van der Waals surface area contributed by atoms with E-state index in [2.05, 4.69) is 10.3 Å². The highest BCUT2D eigenvalue weighted by Gasteiger charge is 2.19. The molecule has 0 radical (unpaired) electrons. The molecule has 1 N–H and O–H groups in total. The van der Waals surface area contributed by atoms with Gasteiger partial charge >= 0.3 is 0 Å². The van der Waals surface area contributed by atoms with Gasteiger partial charge in [-0.2, -0.15) is 0 Å². The van der Waals surface area contributed by atoms with Gasteiger partial charge < -0.3 is 10.1 Å². The molecule has 3 nitrogen and oxygen atoms in total. The number of amidine groups is 1. The standard InChI is InChI=1S/C17H16ClFN2O/c1-10-8-12(9-11(2)16(10)18)22-14-5-3-4-13(19)15(14)17-20-6-7-21-17/h3-5,8-9H,6-7H2,1-2H3,(H,20,21). The van der Waals surface area contributed by atoms with E-state index in [1.807, 2.05) is 26.0 Å². The minimum atomic E-state index is -0.354. The van der Waals surface area contributed by atoms with E-state index < -0.39 is 0 Å². The van der Waals surface area contributed by atoms with Gasteiger partial charge in [0.2, 0.25) is 0 Å². The summed E-state index contributed by atoms with van der Waals surface area (Å²) in [6.45, 7) is 5.18. The van der Waals surface area contributed by atoms with Gasteiger partial charge in [-0.15, -0.1) is 0 Å². The Morgan fingerprint density at radius 3 is 2.59 bits per heavy atom. The molecule has 0 saturated carbocycles. The second-order valence-electron chi connectivity index (χ2n) is 5.24. The molecule has 1 aliphatic rings. The molecule has 0 bridgehead atoms. The topological polar surface area (TPSA) is 33.6 Å². The minimum Gasteiger partial charge on any atom is -0.456 e. The maximum absolute atomic E-state index is 14.2. The third kappa shape index (κ3) is 2.79. The fourth-order valence-corrected chi connectivity index (χ4v) is 2.59. The van der Waals surface area contributed by atoms with Crippen LogP contribution in [0.4, 0.5) is 4.39 Å². The molecule has 0 amide bonds. The number of benzene rings is 2. The molecule has 0 fully saturated rings. The van der Waals surface area contributed by atoms with Crippen molar-refractivity contribution in [1.82, 2.24) is 5.32 Å². The molecule has 22 heavy (non-hydrogen) atoms. The smallest absolute Gasteiger partial charge is 0.141 e. The molecule has 0 saturated heterocycles. The van der Waals surface area contributed by atoms with Crippen molar-refractivity contribution in [3.8, 4) is 11.5 Å². The van der Waals surface area contributed by atoms with Crippen LogP contribution in [0.25, 0.3) is 0 Å². The summed E-state index contributed by atoms with van der Waals surface area (Å²) in [5, 5.41) is 3.80. The Morgan fingerprint density at radius 1 is 1.23 bits per heavy atom. The first-order valence-corrected chi connectivity index (χ1v) is 7.46. The Morgan fingerprint density at radius 2 is 1.95 bits per heavy atom. The minimum absolute atomic E-state index is 0.354. The van der Waals surface area contributed by atoms with Crippen molar-refractivity contribution in [1.29, 1.82) is 0 Å². The Hall–Kier alpha value is -2.07. The van der Waals surface area contributed by atoms with Gasteiger partial charge in [0.25, 0.3) is 0 Å². The van der Waals surface area contributed by atoms with E-state index in [1.165, 1.54) is 6.07 Å². The third-order valence-corrected chi connectivity index (χ3v) is 4.12. The fraction of sp³-hybridized carbons (Fsp3) is 0.235. The summed E-state index contributed by atoms with van der Waals surface area (Å²) in [5.41, 5.74) is 2.21. The van der Waals surface area contributed by atoms with Crippen molar-refractivity contribution in [2.45, 2.75) is 13.8 Å². The highest BCUT2D eigenvalue weighted by molar-refractivity contribution is 6.32. The van der Waals surface area contributed by atoms with Gasteiger partial charge in [-0.05, 0) is 49.2 Å². The van der Waals surface area contributed by atoms with Gasteiger partial charge in [0, 0.05) is 11.6 Å². The van der Waals surface area contributed by atoms with Crippen LogP contribution >= 0.6 is 11.6 Å². The number of hydrogen-bond donors (Lipinski definition) is 1. The van der Waals surface area contributed by atoms with Gasteiger partial charge in [0.15, 0.2) is 0 Å². The van der Waals surface area contributed by atoms with E-state index in [9.17, 15) is 4.39 Å². The largest absolute Gasteiger partial charge is 0.456 e. The number of aliphatic imine (C=N–C) groups is 1. The number of ether oxygens (including phenoxy) is 1. The molecule has 2 aromatic carbocycles. The highest BCUT2D eigenvalue weighted by Crippen LogP contribution is 2.32. The zero-order valence-corrected chi connectivity index (χ0v) is 13.2. The van der Waals surface area contributed by atoms with E-state index in [-0.39, 0.29) is 5.82 Å². The lowest BCUT2D eigenvalue weighted by atomic mass is 10.1. The number of nitrogens with one attached hydrogen (secondary N) is 1. The summed E-state index contributed by atoms with van der Waals surface area (Å²) < 4.78 is 20.1. The molecular formula is C17H16ClFN2O. The fourth-order valence-electron chi connectivity index (χ4n) is 2.48. The average Bonchev–Trinajstić information content (AvgIpc) is 2.98. The first-order valence-electron chi connectivity index (χ1n) is 7.08. The third-order valence-electron chi connectivity index (χ3n) is 3.52. The van der Waals surface area contributed by atoms with E-state index in [4.69, 9.17) is 16.3 Å². The summed E-state index contributed by atoms with van der Waals surface area (Å²) in [6, 6.07) is 8.45. The maximum atomic E-state index is 14.2. The predicted octanol–water partition coefficient (Wildman–Crippen LogP) is 4.24. The van der Waals surface area contributed by atoms with Gasteiger partial charge in [-0.25, -0.2) is 4.39 Å². The molecule has 0 aliphatic carbocycles. The molecule has 0 spiro atoms. The summed E-state index contributed by atoms with van der Waals surface area (Å²) in [4.78, 5) is 4.28. The monoisotopic (exact) mass is 318 g/mol. The van der Waals surface area contributed by atoms with Crippen LogP contribution in [0.15, 0.2) is 35.3 Å². The molecular weight excluding hydrogens is 303 g/mol. The molecule has 5 heteroatoms. The van der Waals surface area contributed by atoms with Crippen LogP contribution in [-0.2, 0) is 0 Å². The Bertz CT molecular complexity index is 735. The molecule has 2 aromatic rings. The molecule has 0 aromatic heterocycles. The first-order chi connectivity index (χ1) is 10.6. The zero-order valence-electron chi connectivity index (χ0n) is 12.4. The lowest BCUT2D eigenvalue weighted by Crippen LogP contribution is -2.21. The quantitative estimate of drug-likeness (QED) is 0.918. The predicted molar refractivity (Wildman–Crippen MR) is 86.8 cm³/mol. The lowest BCUT2D eigenvalue weighted by Gasteiger charge is -2.14. The van der Waals surface area contributed by atoms with E-state index in [0.717, 1.165) is 11.1 Å². The van der Waals surface area contributed by atoms with Gasteiger partial charge in [0.05, 0.1) is 12.1 Å². The number of aryl methyl sites for hydroxylation is 2. The van der Waals surface area contributed by atoms with Crippen molar-refractivity contribution in [3.05, 3.63) is 57.9 Å². The summed E-state index contributed by atoms with van der Waals surface area (Å²) in [7, 11) is 0. The number of hydrogen-bond acceptors (Lipinski definition) is 3. The van der Waals surface area contributed by atoms with Gasteiger partial charge in [-0.1, -0.05) is 17.7 Å². The van der Waals surface area contributed by atoms with Crippen molar-refractivity contribution < 1.29 is 9.13 Å². The van der Waals surface area contributed by atoms with E-state index in [0.29, 0.717) is 41.0 Å². The zero-order chi connectivity index (χ0) is 15.7. The lowest BCUT2D eigenvalue weighted by molar-refractivity contribution is 0.474. The normalized spacial score (nSPS) is 13.7. The SMILES string of the molecule is Cc1cc(Oc2cccc(F)c2C2=NCCN2)cc(C)c1Cl. The highest BCUT2D eigenvalue weighted by atomic mass is 35.5. The van der Waals surface area contributed by atoms with Gasteiger partial charge in [-0.3, -0.25) is 4.99 Å². The summed E-state index contributed by atoms with van der Waals surface area (Å²) >= 11 is 6.17. The van der Waals surface area contributed by atoms with Crippen molar-refractivity contribution in [2.24, 2.45) is 4.99 Å². The molecule has 1 aliphatic heterocycles. The molecule has 0 unspecified atom stereocenters. The first kappa shape index (κ1) is 14.9. The Balaban J connectivity index is 2.01. The van der Waals surface area contributed by atoms with E-state index >= 15 is 0 Å². The molecule has 0 atom stereocenters. The number of rotatable bonds is 3. The molecule has 114 valence electrons. The van der Waals surface area contributed by atoms with Crippen LogP contribution in [-0.4, -0.2) is 18.9 Å². The second kappa shape index (κ2) is 5.97. The van der Waals surface area contributed by atoms with Crippen LogP contribution in [0.1, 0.15) is 16.7 Å². The number of halogens is 2. The van der Waals surface area contributed by atoms with Crippen molar-refractivity contribution >= 4 is 17.4 Å².